The summed E-state index contributed by atoms with van der Waals surface area (Å²) in [5.74, 6) is -0.300. The van der Waals surface area contributed by atoms with Gasteiger partial charge >= 0.3 is 0 Å². The number of piperazine rings is 1. The number of nitrogens with one attached hydrogen (secondary N) is 1. The average molecular weight is 431 g/mol. The second kappa shape index (κ2) is 9.96. The summed E-state index contributed by atoms with van der Waals surface area (Å²) < 4.78 is 1.67. The minimum atomic E-state index is -0.155. The second-order valence-corrected chi connectivity index (χ2v) is 7.73. The van der Waals surface area contributed by atoms with Gasteiger partial charge in [-0.3, -0.25) is 14.4 Å². The maximum atomic E-state index is 13.1. The Hall–Kier alpha value is -3.87. The van der Waals surface area contributed by atoms with E-state index in [4.69, 9.17) is 0 Å². The number of nitrogens with zero attached hydrogens (tertiary/aromatic N) is 3. The van der Waals surface area contributed by atoms with Crippen molar-refractivity contribution in [3.63, 3.8) is 0 Å². The molecule has 1 fully saturated rings. The number of aromatic nitrogens is 1. The molecule has 1 aliphatic heterocycles. The van der Waals surface area contributed by atoms with Crippen molar-refractivity contribution in [2.24, 2.45) is 0 Å². The molecule has 3 aromatic rings. The van der Waals surface area contributed by atoms with Crippen LogP contribution in [0.5, 0.6) is 0 Å². The summed E-state index contributed by atoms with van der Waals surface area (Å²) in [6.07, 6.45) is 1.74. The average Bonchev–Trinajstić information content (AvgIpc) is 3.31. The lowest BCUT2D eigenvalue weighted by Gasteiger charge is -2.35. The highest BCUT2D eigenvalue weighted by Crippen LogP contribution is 2.13. The number of benzene rings is 2. The summed E-state index contributed by atoms with van der Waals surface area (Å²) in [7, 11) is 0. The molecule has 0 atom stereocenters. The minimum absolute atomic E-state index is 0.0174. The van der Waals surface area contributed by atoms with Crippen molar-refractivity contribution in [2.45, 2.75) is 13.1 Å². The molecule has 0 bridgehead atoms. The van der Waals surface area contributed by atoms with Gasteiger partial charge in [-0.1, -0.05) is 48.5 Å². The topological polar surface area (TPSA) is 74.7 Å². The van der Waals surface area contributed by atoms with E-state index in [9.17, 15) is 14.4 Å². The van der Waals surface area contributed by atoms with Gasteiger partial charge < -0.3 is 19.7 Å². The van der Waals surface area contributed by atoms with Gasteiger partial charge in [-0.25, -0.2) is 0 Å². The molecule has 164 valence electrons. The normalized spacial score (nSPS) is 13.6. The fourth-order valence-corrected chi connectivity index (χ4v) is 3.79. The highest BCUT2D eigenvalue weighted by Gasteiger charge is 2.27. The Labute approximate surface area is 187 Å². The van der Waals surface area contributed by atoms with Crippen LogP contribution in [0.4, 0.5) is 0 Å². The highest BCUT2D eigenvalue weighted by atomic mass is 16.2. The summed E-state index contributed by atoms with van der Waals surface area (Å²) in [4.78, 5) is 41.6. The molecule has 1 N–H and O–H groups in total. The van der Waals surface area contributed by atoms with E-state index in [-0.39, 0.29) is 24.3 Å². The van der Waals surface area contributed by atoms with Gasteiger partial charge in [0, 0.05) is 44.5 Å². The van der Waals surface area contributed by atoms with Crippen LogP contribution in [-0.4, -0.2) is 58.3 Å². The molecule has 2 aromatic carbocycles. The second-order valence-electron chi connectivity index (χ2n) is 7.73. The van der Waals surface area contributed by atoms with Crippen molar-refractivity contribution < 1.29 is 14.4 Å². The maximum absolute atomic E-state index is 13.1. The van der Waals surface area contributed by atoms with Crippen LogP contribution in [0.1, 0.15) is 26.4 Å². The molecule has 0 radical (unpaired) electrons. The van der Waals surface area contributed by atoms with Gasteiger partial charge in [0.1, 0.15) is 12.2 Å². The van der Waals surface area contributed by atoms with E-state index in [2.05, 4.69) is 5.32 Å². The first kappa shape index (κ1) is 21.4. The molecule has 7 nitrogen and oxygen atoms in total. The van der Waals surface area contributed by atoms with Crippen LogP contribution in [0, 0.1) is 0 Å². The van der Waals surface area contributed by atoms with E-state index < -0.39 is 0 Å². The minimum Gasteiger partial charge on any atom is -0.350 e. The zero-order chi connectivity index (χ0) is 22.3. The van der Waals surface area contributed by atoms with Gasteiger partial charge in [0.15, 0.2) is 0 Å². The molecule has 0 unspecified atom stereocenters. The van der Waals surface area contributed by atoms with Crippen molar-refractivity contribution >= 4 is 17.7 Å². The predicted octanol–water partition coefficient (Wildman–Crippen LogP) is 2.40. The van der Waals surface area contributed by atoms with Crippen LogP contribution >= 0.6 is 0 Å². The third-order valence-corrected chi connectivity index (χ3v) is 5.57. The number of carbonyl (C=O) groups is 3. The fourth-order valence-electron chi connectivity index (χ4n) is 3.79. The fraction of sp³-hybridized carbons (Fsp3) is 0.240. The Balaban J connectivity index is 1.31. The van der Waals surface area contributed by atoms with Crippen LogP contribution < -0.4 is 5.32 Å². The van der Waals surface area contributed by atoms with E-state index in [0.29, 0.717) is 44.0 Å². The number of hydrogen-bond acceptors (Lipinski definition) is 3. The van der Waals surface area contributed by atoms with Crippen LogP contribution in [0.15, 0.2) is 79.0 Å². The number of carbonyl (C=O) groups excluding carboxylic acids is 3. The quantitative estimate of drug-likeness (QED) is 0.653. The molecular formula is C25H26N4O3. The van der Waals surface area contributed by atoms with Crippen LogP contribution in [0.25, 0.3) is 0 Å². The van der Waals surface area contributed by atoms with E-state index in [1.54, 1.807) is 44.8 Å². The van der Waals surface area contributed by atoms with Crippen molar-refractivity contribution in [2.75, 3.05) is 26.2 Å². The lowest BCUT2D eigenvalue weighted by Crippen LogP contribution is -2.51. The van der Waals surface area contributed by atoms with Crippen LogP contribution in [0.2, 0.25) is 0 Å². The standard InChI is InChI=1S/C25H26N4O3/c30-23(26-18-20-8-3-1-4-9-20)19-29-13-7-12-22(29)25(32)28-16-14-27(15-17-28)24(31)21-10-5-2-6-11-21/h1-13H,14-19H2,(H,26,30). The summed E-state index contributed by atoms with van der Waals surface area (Å²) in [6, 6.07) is 22.4. The third kappa shape index (κ3) is 5.06. The van der Waals surface area contributed by atoms with Gasteiger partial charge in [0.2, 0.25) is 5.91 Å². The van der Waals surface area contributed by atoms with Crippen molar-refractivity contribution in [1.82, 2.24) is 19.7 Å². The smallest absolute Gasteiger partial charge is 0.270 e. The van der Waals surface area contributed by atoms with Crippen molar-refractivity contribution in [3.05, 3.63) is 95.8 Å². The Morgan fingerprint density at radius 2 is 1.31 bits per heavy atom. The van der Waals surface area contributed by atoms with Crippen molar-refractivity contribution in [1.29, 1.82) is 0 Å². The molecule has 0 aliphatic carbocycles. The molecule has 1 saturated heterocycles. The van der Waals surface area contributed by atoms with E-state index in [1.807, 2.05) is 48.5 Å². The molecule has 4 rings (SSSR count). The van der Waals surface area contributed by atoms with Crippen molar-refractivity contribution in [3.8, 4) is 0 Å². The largest absolute Gasteiger partial charge is 0.350 e. The van der Waals surface area contributed by atoms with Gasteiger partial charge in [-0.2, -0.15) is 0 Å². The maximum Gasteiger partial charge on any atom is 0.270 e. The van der Waals surface area contributed by atoms with E-state index >= 15 is 0 Å². The molecule has 2 heterocycles. The summed E-state index contributed by atoms with van der Waals surface area (Å²) in [6.45, 7) is 2.41. The highest BCUT2D eigenvalue weighted by molar-refractivity contribution is 5.95. The first-order valence-corrected chi connectivity index (χ1v) is 10.7. The Morgan fingerprint density at radius 1 is 0.719 bits per heavy atom. The molecule has 1 aromatic heterocycles. The molecule has 0 spiro atoms. The van der Waals surface area contributed by atoms with Crippen LogP contribution in [-0.2, 0) is 17.9 Å². The SMILES string of the molecule is O=C(Cn1cccc1C(=O)N1CCN(C(=O)c2ccccc2)CC1)NCc1ccccc1. The summed E-state index contributed by atoms with van der Waals surface area (Å²) in [5, 5.41) is 2.89. The van der Waals surface area contributed by atoms with Gasteiger partial charge in [0.25, 0.3) is 11.8 Å². The van der Waals surface area contributed by atoms with Gasteiger partial charge in [0.05, 0.1) is 0 Å². The number of rotatable bonds is 6. The summed E-state index contributed by atoms with van der Waals surface area (Å²) >= 11 is 0. The monoisotopic (exact) mass is 430 g/mol. The van der Waals surface area contributed by atoms with E-state index in [1.165, 1.54) is 0 Å². The lowest BCUT2D eigenvalue weighted by molar-refractivity contribution is -0.121. The zero-order valence-corrected chi connectivity index (χ0v) is 17.8. The Kier molecular flexibility index (Phi) is 6.65. The molecule has 1 aliphatic rings. The van der Waals surface area contributed by atoms with Crippen LogP contribution in [0.3, 0.4) is 0 Å². The Morgan fingerprint density at radius 3 is 1.97 bits per heavy atom. The van der Waals surface area contributed by atoms with Gasteiger partial charge in [-0.15, -0.1) is 0 Å². The summed E-state index contributed by atoms with van der Waals surface area (Å²) in [5.41, 5.74) is 2.15. The lowest BCUT2D eigenvalue weighted by atomic mass is 10.2. The molecule has 32 heavy (non-hydrogen) atoms. The molecule has 7 heteroatoms. The number of hydrogen-bond donors (Lipinski definition) is 1. The van der Waals surface area contributed by atoms with Gasteiger partial charge in [-0.05, 0) is 29.8 Å². The first-order valence-electron chi connectivity index (χ1n) is 10.7. The predicted molar refractivity (Wildman–Crippen MR) is 121 cm³/mol. The molecule has 0 saturated carbocycles. The Bertz CT molecular complexity index is 1070. The first-order chi connectivity index (χ1) is 15.6. The molecule has 3 amide bonds. The zero-order valence-electron chi connectivity index (χ0n) is 17.8. The third-order valence-electron chi connectivity index (χ3n) is 5.57. The number of amides is 3. The molecular weight excluding hydrogens is 404 g/mol. The van der Waals surface area contributed by atoms with E-state index in [0.717, 1.165) is 5.56 Å².